The van der Waals surface area contributed by atoms with E-state index >= 15 is 0 Å². The number of hydrogen-bond acceptors (Lipinski definition) is 2. The van der Waals surface area contributed by atoms with Gasteiger partial charge in [-0.15, -0.1) is 0 Å². The zero-order chi connectivity index (χ0) is 12.6. The van der Waals surface area contributed by atoms with Gasteiger partial charge in [0.2, 0.25) is 0 Å². The van der Waals surface area contributed by atoms with E-state index in [1.54, 1.807) is 6.92 Å². The van der Waals surface area contributed by atoms with Crippen molar-refractivity contribution in [3.8, 4) is 0 Å². The Morgan fingerprint density at radius 1 is 1.41 bits per heavy atom. The molecule has 1 heterocycles. The molecule has 1 aromatic carbocycles. The summed E-state index contributed by atoms with van der Waals surface area (Å²) in [5, 5.41) is 0. The van der Waals surface area contributed by atoms with Gasteiger partial charge in [-0.2, -0.15) is 0 Å². The minimum Gasteiger partial charge on any atom is -0.330 e. The van der Waals surface area contributed by atoms with Crippen LogP contribution in [0.1, 0.15) is 5.56 Å². The lowest BCUT2D eigenvalue weighted by atomic mass is 10.2. The number of aromatic amines is 1. The fourth-order valence-corrected chi connectivity index (χ4v) is 2.10. The average molecular weight is 253 g/mol. The third-order valence-corrected chi connectivity index (χ3v) is 3.15. The number of rotatable bonds is 3. The molecule has 3 nitrogen and oxygen atoms in total. The van der Waals surface area contributed by atoms with Gasteiger partial charge >= 0.3 is 0 Å². The van der Waals surface area contributed by atoms with Crippen molar-refractivity contribution < 1.29 is 4.39 Å². The van der Waals surface area contributed by atoms with Crippen molar-refractivity contribution in [2.45, 2.75) is 13.5 Å². The molecule has 0 aliphatic heterocycles. The van der Waals surface area contributed by atoms with E-state index in [9.17, 15) is 4.39 Å². The number of aryl methyl sites for hydroxylation is 1. The summed E-state index contributed by atoms with van der Waals surface area (Å²) in [6, 6.07) is 3.35. The van der Waals surface area contributed by atoms with E-state index < -0.39 is 0 Å². The topological polar surface area (TPSA) is 24.0 Å². The number of hydrogen-bond donors (Lipinski definition) is 1. The van der Waals surface area contributed by atoms with Crippen LogP contribution in [-0.4, -0.2) is 35.1 Å². The first-order valence-corrected chi connectivity index (χ1v) is 5.93. The third kappa shape index (κ3) is 2.40. The largest absolute Gasteiger partial charge is 0.330 e. The lowest BCUT2D eigenvalue weighted by molar-refractivity contribution is 0.385. The number of imidazole rings is 1. The van der Waals surface area contributed by atoms with E-state index in [2.05, 4.69) is 9.88 Å². The van der Waals surface area contributed by atoms with Gasteiger partial charge in [0.15, 0.2) is 4.77 Å². The molecule has 0 saturated carbocycles. The molecule has 0 amide bonds. The molecule has 2 aromatic rings. The predicted molar refractivity (Wildman–Crippen MR) is 70.4 cm³/mol. The average Bonchev–Trinajstić information content (AvgIpc) is 2.52. The second-order valence-electron chi connectivity index (χ2n) is 4.50. The summed E-state index contributed by atoms with van der Waals surface area (Å²) in [6.45, 7) is 3.47. The zero-order valence-electron chi connectivity index (χ0n) is 10.2. The van der Waals surface area contributed by atoms with Crippen molar-refractivity contribution in [1.29, 1.82) is 0 Å². The normalized spacial score (nSPS) is 11.6. The van der Waals surface area contributed by atoms with Gasteiger partial charge in [-0.1, -0.05) is 0 Å². The quantitative estimate of drug-likeness (QED) is 0.850. The summed E-state index contributed by atoms with van der Waals surface area (Å²) < 4.78 is 16.1. The number of H-pyrrole nitrogens is 1. The van der Waals surface area contributed by atoms with Crippen molar-refractivity contribution in [3.05, 3.63) is 28.3 Å². The van der Waals surface area contributed by atoms with Crippen LogP contribution in [0.3, 0.4) is 0 Å². The highest BCUT2D eigenvalue weighted by molar-refractivity contribution is 7.71. The van der Waals surface area contributed by atoms with Crippen LogP contribution in [0.5, 0.6) is 0 Å². The second kappa shape index (κ2) is 4.58. The minimum atomic E-state index is -0.200. The van der Waals surface area contributed by atoms with Crippen molar-refractivity contribution in [1.82, 2.24) is 14.5 Å². The molecule has 5 heteroatoms. The first-order valence-electron chi connectivity index (χ1n) is 5.52. The van der Waals surface area contributed by atoms with Crippen LogP contribution < -0.4 is 0 Å². The molecule has 0 spiro atoms. The van der Waals surface area contributed by atoms with Crippen LogP contribution in [0.25, 0.3) is 11.0 Å². The van der Waals surface area contributed by atoms with Gasteiger partial charge in [0.05, 0.1) is 11.0 Å². The molecule has 0 bridgehead atoms. The van der Waals surface area contributed by atoms with Crippen LogP contribution in [0.4, 0.5) is 4.39 Å². The maximum Gasteiger partial charge on any atom is 0.178 e. The van der Waals surface area contributed by atoms with E-state index in [0.29, 0.717) is 10.3 Å². The molecule has 0 fully saturated rings. The molecule has 0 aliphatic rings. The van der Waals surface area contributed by atoms with E-state index in [0.717, 1.165) is 24.1 Å². The van der Waals surface area contributed by atoms with E-state index in [1.807, 2.05) is 24.7 Å². The highest BCUT2D eigenvalue weighted by Crippen LogP contribution is 2.18. The maximum absolute atomic E-state index is 13.4. The fourth-order valence-electron chi connectivity index (χ4n) is 1.80. The Bertz CT molecular complexity index is 598. The van der Waals surface area contributed by atoms with Gasteiger partial charge in [0, 0.05) is 13.1 Å². The van der Waals surface area contributed by atoms with Gasteiger partial charge in [-0.05, 0) is 50.9 Å². The van der Waals surface area contributed by atoms with Crippen molar-refractivity contribution in [2.75, 3.05) is 20.6 Å². The maximum atomic E-state index is 13.4. The highest BCUT2D eigenvalue weighted by Gasteiger charge is 2.07. The van der Waals surface area contributed by atoms with Crippen molar-refractivity contribution in [2.24, 2.45) is 0 Å². The molecule has 0 unspecified atom stereocenters. The highest BCUT2D eigenvalue weighted by atomic mass is 32.1. The van der Waals surface area contributed by atoms with Gasteiger partial charge < -0.3 is 14.5 Å². The van der Waals surface area contributed by atoms with Crippen molar-refractivity contribution >= 4 is 23.3 Å². The van der Waals surface area contributed by atoms with Gasteiger partial charge in [0.25, 0.3) is 0 Å². The first-order chi connectivity index (χ1) is 7.99. The van der Waals surface area contributed by atoms with Crippen LogP contribution in [0.15, 0.2) is 12.1 Å². The van der Waals surface area contributed by atoms with Gasteiger partial charge in [-0.3, -0.25) is 0 Å². The van der Waals surface area contributed by atoms with Gasteiger partial charge in [-0.25, -0.2) is 4.39 Å². The summed E-state index contributed by atoms with van der Waals surface area (Å²) in [6.07, 6.45) is 0. The molecule has 0 saturated heterocycles. The second-order valence-corrected chi connectivity index (χ2v) is 4.89. The van der Waals surface area contributed by atoms with E-state index in [-0.39, 0.29) is 5.82 Å². The van der Waals surface area contributed by atoms with Crippen LogP contribution >= 0.6 is 12.2 Å². The number of nitrogens with zero attached hydrogens (tertiary/aromatic N) is 2. The number of halogens is 1. The number of nitrogens with one attached hydrogen (secondary N) is 1. The SMILES string of the molecule is Cc1cc2c(cc1F)[nH]c(=S)n2CCN(C)C. The molecule has 1 N–H and O–H groups in total. The van der Waals surface area contributed by atoms with Crippen molar-refractivity contribution in [3.63, 3.8) is 0 Å². The number of fused-ring (bicyclic) bond motifs is 1. The molecule has 17 heavy (non-hydrogen) atoms. The fraction of sp³-hybridized carbons (Fsp3) is 0.417. The lowest BCUT2D eigenvalue weighted by Gasteiger charge is -2.10. The molecule has 2 rings (SSSR count). The summed E-state index contributed by atoms with van der Waals surface area (Å²) in [4.78, 5) is 5.13. The summed E-state index contributed by atoms with van der Waals surface area (Å²) in [5.74, 6) is -0.200. The molecule has 92 valence electrons. The Morgan fingerprint density at radius 2 is 2.12 bits per heavy atom. The van der Waals surface area contributed by atoms with Crippen LogP contribution in [0, 0.1) is 17.5 Å². The third-order valence-electron chi connectivity index (χ3n) is 2.83. The van der Waals surface area contributed by atoms with E-state index in [4.69, 9.17) is 12.2 Å². The smallest absolute Gasteiger partial charge is 0.178 e. The summed E-state index contributed by atoms with van der Waals surface area (Å²) in [7, 11) is 4.03. The summed E-state index contributed by atoms with van der Waals surface area (Å²) >= 11 is 5.26. The number of likely N-dealkylation sites (N-methyl/N-ethyl adjacent to an activating group) is 1. The molecular formula is C12H16FN3S. The number of benzene rings is 1. The Labute approximate surface area is 105 Å². The predicted octanol–water partition coefficient (Wildman–Crippen LogP) is 2.71. The number of aromatic nitrogens is 2. The Morgan fingerprint density at radius 3 is 2.76 bits per heavy atom. The van der Waals surface area contributed by atoms with Crippen LogP contribution in [0.2, 0.25) is 0 Å². The van der Waals surface area contributed by atoms with E-state index in [1.165, 1.54) is 6.07 Å². The Kier molecular flexibility index (Phi) is 3.31. The minimum absolute atomic E-state index is 0.200. The molecule has 0 atom stereocenters. The molecule has 0 aliphatic carbocycles. The first kappa shape index (κ1) is 12.3. The molecular weight excluding hydrogens is 237 g/mol. The van der Waals surface area contributed by atoms with Gasteiger partial charge in [0.1, 0.15) is 5.82 Å². The summed E-state index contributed by atoms with van der Waals surface area (Å²) in [5.41, 5.74) is 2.37. The Hall–Kier alpha value is -1.20. The molecule has 1 aromatic heterocycles. The lowest BCUT2D eigenvalue weighted by Crippen LogP contribution is -2.18. The Balaban J connectivity index is 2.51. The molecule has 0 radical (unpaired) electrons. The van der Waals surface area contributed by atoms with Crippen LogP contribution in [-0.2, 0) is 6.54 Å². The monoisotopic (exact) mass is 253 g/mol. The standard InChI is InChI=1S/C12H16FN3S/c1-8-6-11-10(7-9(8)13)14-12(17)16(11)5-4-15(2)3/h6-7H,4-5H2,1-3H3,(H,14,17). The zero-order valence-corrected chi connectivity index (χ0v) is 11.1.